The van der Waals surface area contributed by atoms with Gasteiger partial charge in [-0.3, -0.25) is 19.7 Å². The quantitative estimate of drug-likeness (QED) is 0.214. The summed E-state index contributed by atoms with van der Waals surface area (Å²) in [5.74, 6) is 1.23. The van der Waals surface area contributed by atoms with Crippen LogP contribution in [0.4, 0.5) is 5.69 Å². The van der Waals surface area contributed by atoms with E-state index in [1.807, 2.05) is 12.1 Å². The Balaban J connectivity index is 0.000000739. The molecule has 178 valence electrons. The van der Waals surface area contributed by atoms with E-state index in [2.05, 4.69) is 11.1 Å². The molecular formula is C23H23N3O7S. The zero-order valence-electron chi connectivity index (χ0n) is 18.8. The van der Waals surface area contributed by atoms with Crippen LogP contribution in [0.5, 0.6) is 11.5 Å². The molecule has 0 aromatic heterocycles. The summed E-state index contributed by atoms with van der Waals surface area (Å²) in [4.78, 5) is 14.8. The van der Waals surface area contributed by atoms with Crippen LogP contribution in [0, 0.1) is 21.4 Å². The standard InChI is InChI=1S/C22H19N3O4.CH4O3S/c1-28-20-12-16-10-11-24-22(19(16)13-21(20)29-2)17(14-23)5-3-4-15-6-8-18(9-7-15)25(26)27;1-5(2,3)4/h3-9,12-13H,10-11H2,1-2H3;1H3,(H,2,3,4)/b4-3+,17-5+;. The largest absolute Gasteiger partial charge is 0.493 e. The molecule has 11 heteroatoms. The molecule has 2 aromatic rings. The molecule has 3 rings (SSSR count). The first kappa shape index (κ1) is 26.2. The van der Waals surface area contributed by atoms with E-state index in [0.717, 1.165) is 23.1 Å². The van der Waals surface area contributed by atoms with E-state index >= 15 is 0 Å². The van der Waals surface area contributed by atoms with Gasteiger partial charge in [0.2, 0.25) is 0 Å². The lowest BCUT2D eigenvalue weighted by molar-refractivity contribution is -0.384. The summed E-state index contributed by atoms with van der Waals surface area (Å²) in [6, 6.07) is 12.2. The van der Waals surface area contributed by atoms with Crippen LogP contribution in [-0.4, -0.2) is 50.6 Å². The van der Waals surface area contributed by atoms with Crippen molar-refractivity contribution in [1.82, 2.24) is 0 Å². The van der Waals surface area contributed by atoms with Gasteiger partial charge >= 0.3 is 0 Å². The molecule has 0 amide bonds. The average molecular weight is 486 g/mol. The summed E-state index contributed by atoms with van der Waals surface area (Å²) in [6.45, 7) is 0.586. The maximum absolute atomic E-state index is 10.7. The molecule has 0 atom stereocenters. The fourth-order valence-electron chi connectivity index (χ4n) is 3.08. The summed E-state index contributed by atoms with van der Waals surface area (Å²) in [5.41, 5.74) is 3.77. The topological polar surface area (TPSA) is 152 Å². The highest BCUT2D eigenvalue weighted by molar-refractivity contribution is 7.85. The van der Waals surface area contributed by atoms with E-state index < -0.39 is 15.0 Å². The van der Waals surface area contributed by atoms with Crippen molar-refractivity contribution >= 4 is 27.6 Å². The molecule has 0 saturated carbocycles. The highest BCUT2D eigenvalue weighted by Gasteiger charge is 2.20. The van der Waals surface area contributed by atoms with Crippen LogP contribution in [0.1, 0.15) is 16.7 Å². The van der Waals surface area contributed by atoms with Crippen LogP contribution in [0.2, 0.25) is 0 Å². The predicted octanol–water partition coefficient (Wildman–Crippen LogP) is 3.62. The number of allylic oxidation sites excluding steroid dienone is 3. The van der Waals surface area contributed by atoms with Crippen LogP contribution in [0.25, 0.3) is 6.08 Å². The van der Waals surface area contributed by atoms with Crippen molar-refractivity contribution in [3.8, 4) is 17.6 Å². The molecule has 1 aliphatic heterocycles. The van der Waals surface area contributed by atoms with Gasteiger partial charge in [-0.1, -0.05) is 12.2 Å². The van der Waals surface area contributed by atoms with Crippen molar-refractivity contribution in [2.24, 2.45) is 4.99 Å². The van der Waals surface area contributed by atoms with E-state index in [4.69, 9.17) is 14.0 Å². The summed E-state index contributed by atoms with van der Waals surface area (Å²) in [5, 5.41) is 20.4. The second kappa shape index (κ2) is 11.7. The number of fused-ring (bicyclic) bond motifs is 1. The number of aliphatic imine (C=N–C) groups is 1. The molecule has 0 fully saturated rings. The number of benzene rings is 2. The number of nitriles is 1. The number of nitrogens with zero attached hydrogens (tertiary/aromatic N) is 3. The van der Waals surface area contributed by atoms with Gasteiger partial charge in [0.25, 0.3) is 15.8 Å². The predicted molar refractivity (Wildman–Crippen MR) is 128 cm³/mol. The van der Waals surface area contributed by atoms with Gasteiger partial charge in [-0.05, 0) is 47.9 Å². The Kier molecular flexibility index (Phi) is 9.06. The number of rotatable bonds is 6. The van der Waals surface area contributed by atoms with Gasteiger partial charge in [-0.25, -0.2) is 0 Å². The second-order valence-electron chi connectivity index (χ2n) is 6.98. The molecule has 0 radical (unpaired) electrons. The van der Waals surface area contributed by atoms with Crippen molar-refractivity contribution in [3.63, 3.8) is 0 Å². The zero-order chi connectivity index (χ0) is 25.3. The molecule has 0 aliphatic carbocycles. The SMILES string of the molecule is COc1cc2c(cc1OC)C(/C(C#N)=C/C=C/c1ccc([N+](=O)[O-])cc1)=NCC2.CS(=O)(=O)O. The normalized spacial score (nSPS) is 13.1. The Morgan fingerprint density at radius 2 is 1.79 bits per heavy atom. The summed E-state index contributed by atoms with van der Waals surface area (Å²) in [6.07, 6.45) is 6.67. The first-order chi connectivity index (χ1) is 16.1. The van der Waals surface area contributed by atoms with Crippen LogP contribution in [0.15, 0.2) is 59.1 Å². The Bertz CT molecular complexity index is 1280. The van der Waals surface area contributed by atoms with E-state index in [0.29, 0.717) is 35.6 Å². The van der Waals surface area contributed by atoms with Crippen molar-refractivity contribution in [2.75, 3.05) is 27.0 Å². The highest BCUT2D eigenvalue weighted by Crippen LogP contribution is 2.33. The molecule has 2 aromatic carbocycles. The van der Waals surface area contributed by atoms with Crippen LogP contribution in [0.3, 0.4) is 0 Å². The summed E-state index contributed by atoms with van der Waals surface area (Å²) >= 11 is 0. The summed E-state index contributed by atoms with van der Waals surface area (Å²) in [7, 11) is -0.510. The molecule has 0 spiro atoms. The Morgan fingerprint density at radius 1 is 1.21 bits per heavy atom. The number of nitro benzene ring substituents is 1. The van der Waals surface area contributed by atoms with E-state index in [1.165, 1.54) is 12.1 Å². The molecule has 1 N–H and O–H groups in total. The van der Waals surface area contributed by atoms with Crippen LogP contribution in [-0.2, 0) is 16.5 Å². The molecule has 34 heavy (non-hydrogen) atoms. The van der Waals surface area contributed by atoms with Crippen molar-refractivity contribution in [3.05, 3.63) is 80.9 Å². The van der Waals surface area contributed by atoms with Gasteiger partial charge in [-0.15, -0.1) is 0 Å². The van der Waals surface area contributed by atoms with E-state index in [9.17, 15) is 23.8 Å². The maximum Gasteiger partial charge on any atom is 0.269 e. The van der Waals surface area contributed by atoms with Gasteiger partial charge in [0, 0.05) is 24.2 Å². The Morgan fingerprint density at radius 3 is 2.32 bits per heavy atom. The number of hydrogen-bond donors (Lipinski definition) is 1. The molecule has 0 bridgehead atoms. The van der Waals surface area contributed by atoms with Crippen molar-refractivity contribution in [2.45, 2.75) is 6.42 Å². The highest BCUT2D eigenvalue weighted by atomic mass is 32.2. The lowest BCUT2D eigenvalue weighted by atomic mass is 9.92. The smallest absolute Gasteiger partial charge is 0.269 e. The first-order valence-corrected chi connectivity index (χ1v) is 11.7. The third kappa shape index (κ3) is 7.54. The number of methoxy groups -OCH3 is 2. The molecule has 1 heterocycles. The van der Waals surface area contributed by atoms with Gasteiger partial charge < -0.3 is 9.47 Å². The number of hydrogen-bond acceptors (Lipinski definition) is 8. The monoisotopic (exact) mass is 485 g/mol. The number of ether oxygens (including phenoxy) is 2. The first-order valence-electron chi connectivity index (χ1n) is 9.82. The molecular weight excluding hydrogens is 462 g/mol. The third-order valence-electron chi connectivity index (χ3n) is 4.55. The Hall–Kier alpha value is -4.01. The molecule has 0 saturated heterocycles. The van der Waals surface area contributed by atoms with Gasteiger partial charge in [0.1, 0.15) is 6.07 Å². The molecule has 1 aliphatic rings. The minimum atomic E-state index is -3.67. The fourth-order valence-corrected chi connectivity index (χ4v) is 3.08. The maximum atomic E-state index is 10.7. The molecule has 10 nitrogen and oxygen atoms in total. The lowest BCUT2D eigenvalue weighted by Gasteiger charge is -2.19. The van der Waals surface area contributed by atoms with E-state index in [-0.39, 0.29) is 5.69 Å². The second-order valence-corrected chi connectivity index (χ2v) is 8.44. The third-order valence-corrected chi connectivity index (χ3v) is 4.55. The minimum absolute atomic E-state index is 0.0351. The van der Waals surface area contributed by atoms with Gasteiger partial charge in [0.05, 0.1) is 36.7 Å². The van der Waals surface area contributed by atoms with Gasteiger partial charge in [0.15, 0.2) is 11.5 Å². The van der Waals surface area contributed by atoms with Crippen LogP contribution >= 0.6 is 0 Å². The zero-order valence-corrected chi connectivity index (χ0v) is 19.6. The fraction of sp³-hybridized carbons (Fsp3) is 0.217. The number of non-ortho nitro benzene ring substituents is 1. The van der Waals surface area contributed by atoms with Gasteiger partial charge in [-0.2, -0.15) is 13.7 Å². The summed E-state index contributed by atoms with van der Waals surface area (Å²) < 4.78 is 36.6. The van der Waals surface area contributed by atoms with Crippen molar-refractivity contribution in [1.29, 1.82) is 5.26 Å². The van der Waals surface area contributed by atoms with E-state index in [1.54, 1.807) is 44.6 Å². The Labute approximate surface area is 197 Å². The molecule has 0 unspecified atom stereocenters. The number of nitro groups is 1. The average Bonchev–Trinajstić information content (AvgIpc) is 2.80. The lowest BCUT2D eigenvalue weighted by Crippen LogP contribution is -2.15. The minimum Gasteiger partial charge on any atom is -0.493 e. The van der Waals surface area contributed by atoms with Crippen LogP contribution < -0.4 is 9.47 Å². The van der Waals surface area contributed by atoms with Crippen molar-refractivity contribution < 1.29 is 27.4 Å².